The zero-order chi connectivity index (χ0) is 13.9. The molecular weight excluding hydrogens is 255 g/mol. The molecule has 2 heterocycles. The first-order valence-corrected chi connectivity index (χ1v) is 7.28. The topological polar surface area (TPSA) is 26.2 Å². The third-order valence-corrected chi connectivity index (χ3v) is 4.20. The molecule has 0 amide bonds. The van der Waals surface area contributed by atoms with Crippen LogP contribution in [0.15, 0.2) is 24.4 Å². The highest BCUT2D eigenvalue weighted by molar-refractivity contribution is 5.85. The zero-order valence-electron chi connectivity index (χ0n) is 11.9. The van der Waals surface area contributed by atoms with Gasteiger partial charge in [0, 0.05) is 25.2 Å². The third-order valence-electron chi connectivity index (χ3n) is 4.20. The van der Waals surface area contributed by atoms with E-state index >= 15 is 0 Å². The molecule has 1 fully saturated rings. The van der Waals surface area contributed by atoms with Crippen LogP contribution in [0, 0.1) is 5.82 Å². The lowest BCUT2D eigenvalue weighted by Gasteiger charge is -2.22. The molecule has 1 saturated heterocycles. The molecule has 0 atom stereocenters. The van der Waals surface area contributed by atoms with Gasteiger partial charge in [0.15, 0.2) is 0 Å². The highest BCUT2D eigenvalue weighted by Crippen LogP contribution is 2.34. The predicted octanol–water partition coefficient (Wildman–Crippen LogP) is 2.89. The molecule has 0 radical (unpaired) electrons. The van der Waals surface area contributed by atoms with Gasteiger partial charge in [0.2, 0.25) is 0 Å². The predicted molar refractivity (Wildman–Crippen MR) is 78.6 cm³/mol. The fraction of sp³-hybridized carbons (Fsp3) is 0.500. The number of rotatable bonds is 4. The van der Waals surface area contributed by atoms with Gasteiger partial charge in [-0.25, -0.2) is 4.39 Å². The SMILES string of the molecule is COCCn1cc(C2CCNCC2)c2c(F)cccc21. The number of nitrogens with one attached hydrogen (secondary N) is 1. The van der Waals surface area contributed by atoms with Crippen LogP contribution >= 0.6 is 0 Å². The van der Waals surface area contributed by atoms with Crippen molar-refractivity contribution in [3.63, 3.8) is 0 Å². The summed E-state index contributed by atoms with van der Waals surface area (Å²) in [6.45, 7) is 3.45. The minimum absolute atomic E-state index is 0.104. The normalized spacial score (nSPS) is 16.9. The molecular formula is C16H21FN2O. The summed E-state index contributed by atoms with van der Waals surface area (Å²) < 4.78 is 21.6. The summed E-state index contributed by atoms with van der Waals surface area (Å²) in [6.07, 6.45) is 4.29. The third kappa shape index (κ3) is 2.45. The molecule has 1 N–H and O–H groups in total. The van der Waals surface area contributed by atoms with Crippen molar-refractivity contribution in [2.45, 2.75) is 25.3 Å². The van der Waals surface area contributed by atoms with Gasteiger partial charge in [0.1, 0.15) is 5.82 Å². The second-order valence-corrected chi connectivity index (χ2v) is 5.43. The second-order valence-electron chi connectivity index (χ2n) is 5.43. The molecule has 4 heteroatoms. The molecule has 3 nitrogen and oxygen atoms in total. The van der Waals surface area contributed by atoms with E-state index in [0.29, 0.717) is 12.5 Å². The van der Waals surface area contributed by atoms with Gasteiger partial charge in [-0.05, 0) is 49.5 Å². The lowest BCUT2D eigenvalue weighted by Crippen LogP contribution is -2.26. The highest BCUT2D eigenvalue weighted by atomic mass is 19.1. The standard InChI is InChI=1S/C16H21FN2O/c1-20-10-9-19-11-13(12-5-7-18-8-6-12)16-14(17)3-2-4-15(16)19/h2-4,11-12,18H,5-10H2,1H3. The number of nitrogens with zero attached hydrogens (tertiary/aromatic N) is 1. The number of ether oxygens (including phenoxy) is 1. The van der Waals surface area contributed by atoms with Crippen LogP contribution in [0.4, 0.5) is 4.39 Å². The smallest absolute Gasteiger partial charge is 0.132 e. The molecule has 108 valence electrons. The van der Waals surface area contributed by atoms with E-state index < -0.39 is 0 Å². The van der Waals surface area contributed by atoms with Crippen LogP contribution in [-0.4, -0.2) is 31.4 Å². The molecule has 20 heavy (non-hydrogen) atoms. The van der Waals surface area contributed by atoms with E-state index in [0.717, 1.165) is 48.9 Å². The largest absolute Gasteiger partial charge is 0.383 e. The average Bonchev–Trinajstić information content (AvgIpc) is 2.86. The van der Waals surface area contributed by atoms with Gasteiger partial charge in [-0.3, -0.25) is 0 Å². The first kappa shape index (κ1) is 13.6. The first-order chi connectivity index (χ1) is 9.81. The molecule has 0 spiro atoms. The molecule has 1 aromatic heterocycles. The quantitative estimate of drug-likeness (QED) is 0.929. The van der Waals surface area contributed by atoms with Crippen molar-refractivity contribution in [3.05, 3.63) is 35.8 Å². The maximum absolute atomic E-state index is 14.3. The van der Waals surface area contributed by atoms with Gasteiger partial charge in [-0.1, -0.05) is 6.07 Å². The van der Waals surface area contributed by atoms with E-state index in [1.807, 2.05) is 6.07 Å². The fourth-order valence-corrected chi connectivity index (χ4v) is 3.16. The zero-order valence-corrected chi connectivity index (χ0v) is 11.9. The van der Waals surface area contributed by atoms with Crippen molar-refractivity contribution in [3.8, 4) is 0 Å². The van der Waals surface area contributed by atoms with Gasteiger partial charge in [-0.2, -0.15) is 0 Å². The van der Waals surface area contributed by atoms with Crippen molar-refractivity contribution in [1.82, 2.24) is 9.88 Å². The van der Waals surface area contributed by atoms with Crippen LogP contribution in [0.3, 0.4) is 0 Å². The van der Waals surface area contributed by atoms with E-state index in [4.69, 9.17) is 4.74 Å². The second kappa shape index (κ2) is 5.94. The minimum Gasteiger partial charge on any atom is -0.383 e. The molecule has 2 aromatic rings. The Morgan fingerprint density at radius 3 is 2.90 bits per heavy atom. The summed E-state index contributed by atoms with van der Waals surface area (Å²) in [5, 5.41) is 4.17. The summed E-state index contributed by atoms with van der Waals surface area (Å²) in [4.78, 5) is 0. The van der Waals surface area contributed by atoms with Gasteiger partial charge in [-0.15, -0.1) is 0 Å². The Morgan fingerprint density at radius 2 is 2.15 bits per heavy atom. The number of piperidine rings is 1. The van der Waals surface area contributed by atoms with Crippen LogP contribution < -0.4 is 5.32 Å². The van der Waals surface area contributed by atoms with Crippen molar-refractivity contribution in [2.75, 3.05) is 26.8 Å². The van der Waals surface area contributed by atoms with E-state index in [1.54, 1.807) is 19.2 Å². The van der Waals surface area contributed by atoms with E-state index in [-0.39, 0.29) is 5.82 Å². The Bertz CT molecular complexity index is 587. The number of methoxy groups -OCH3 is 1. The van der Waals surface area contributed by atoms with Crippen molar-refractivity contribution >= 4 is 10.9 Å². The number of benzene rings is 1. The van der Waals surface area contributed by atoms with Crippen molar-refractivity contribution in [2.24, 2.45) is 0 Å². The van der Waals surface area contributed by atoms with Crippen LogP contribution in [0.5, 0.6) is 0 Å². The summed E-state index contributed by atoms with van der Waals surface area (Å²) in [7, 11) is 1.69. The molecule has 1 aromatic carbocycles. The molecule has 3 rings (SSSR count). The van der Waals surface area contributed by atoms with E-state index in [9.17, 15) is 4.39 Å². The van der Waals surface area contributed by atoms with Gasteiger partial charge >= 0.3 is 0 Å². The van der Waals surface area contributed by atoms with Crippen LogP contribution in [-0.2, 0) is 11.3 Å². The van der Waals surface area contributed by atoms with Crippen LogP contribution in [0.1, 0.15) is 24.3 Å². The van der Waals surface area contributed by atoms with Crippen molar-refractivity contribution in [1.29, 1.82) is 0 Å². The van der Waals surface area contributed by atoms with Gasteiger partial charge in [0.25, 0.3) is 0 Å². The van der Waals surface area contributed by atoms with Gasteiger partial charge in [0.05, 0.1) is 12.1 Å². The highest BCUT2D eigenvalue weighted by Gasteiger charge is 2.21. The summed E-state index contributed by atoms with van der Waals surface area (Å²) in [5.74, 6) is 0.353. The Kier molecular flexibility index (Phi) is 4.03. The van der Waals surface area contributed by atoms with E-state index in [2.05, 4.69) is 16.1 Å². The molecule has 0 aliphatic carbocycles. The fourth-order valence-electron chi connectivity index (χ4n) is 3.16. The summed E-state index contributed by atoms with van der Waals surface area (Å²) in [5.41, 5.74) is 2.14. The van der Waals surface area contributed by atoms with Crippen LogP contribution in [0.2, 0.25) is 0 Å². The lowest BCUT2D eigenvalue weighted by molar-refractivity contribution is 0.188. The molecule has 1 aliphatic heterocycles. The molecule has 0 bridgehead atoms. The number of hydrogen-bond acceptors (Lipinski definition) is 2. The van der Waals surface area contributed by atoms with E-state index in [1.165, 1.54) is 0 Å². The van der Waals surface area contributed by atoms with Crippen LogP contribution in [0.25, 0.3) is 10.9 Å². The Balaban J connectivity index is 2.05. The molecule has 0 unspecified atom stereocenters. The number of hydrogen-bond donors (Lipinski definition) is 1. The Hall–Kier alpha value is -1.39. The van der Waals surface area contributed by atoms with Crippen molar-refractivity contribution < 1.29 is 9.13 Å². The maximum atomic E-state index is 14.3. The lowest BCUT2D eigenvalue weighted by atomic mass is 9.90. The maximum Gasteiger partial charge on any atom is 0.132 e. The first-order valence-electron chi connectivity index (χ1n) is 7.28. The molecule has 1 aliphatic rings. The average molecular weight is 276 g/mol. The monoisotopic (exact) mass is 276 g/mol. The molecule has 0 saturated carbocycles. The summed E-state index contributed by atoms with van der Waals surface area (Å²) >= 11 is 0. The number of aromatic nitrogens is 1. The Labute approximate surface area is 118 Å². The van der Waals surface area contributed by atoms with Gasteiger partial charge < -0.3 is 14.6 Å². The summed E-state index contributed by atoms with van der Waals surface area (Å²) in [6, 6.07) is 5.35. The Morgan fingerprint density at radius 1 is 1.35 bits per heavy atom. The number of halogens is 1. The number of fused-ring (bicyclic) bond motifs is 1. The minimum atomic E-state index is -0.104.